The Bertz CT molecular complexity index is 529. The molecular formula is C14H22N2O3S. The molecule has 1 unspecified atom stereocenters. The molecule has 1 atom stereocenters. The van der Waals surface area contributed by atoms with Gasteiger partial charge in [-0.3, -0.25) is 4.79 Å². The Balaban J connectivity index is 2.42. The third-order valence-corrected chi connectivity index (χ3v) is 4.00. The standard InChI is InChI=1S/C14H22N2O3S/c1-16(10-11-20(2,18)19)14(17)13(15)9-8-12-6-4-3-5-7-12/h3-7,13H,8-11,15H2,1-2H3. The van der Waals surface area contributed by atoms with E-state index in [1.54, 1.807) is 7.05 Å². The third-order valence-electron chi connectivity index (χ3n) is 3.08. The molecule has 0 saturated heterocycles. The van der Waals surface area contributed by atoms with Crippen LogP contribution in [-0.2, 0) is 21.1 Å². The van der Waals surface area contributed by atoms with E-state index in [4.69, 9.17) is 5.73 Å². The van der Waals surface area contributed by atoms with Crippen molar-refractivity contribution in [3.8, 4) is 0 Å². The normalized spacial score (nSPS) is 12.9. The van der Waals surface area contributed by atoms with Crippen molar-refractivity contribution in [3.05, 3.63) is 35.9 Å². The lowest BCUT2D eigenvalue weighted by Crippen LogP contribution is -2.43. The summed E-state index contributed by atoms with van der Waals surface area (Å²) < 4.78 is 22.1. The number of sulfone groups is 1. The van der Waals surface area contributed by atoms with Crippen LogP contribution in [0.5, 0.6) is 0 Å². The predicted octanol–water partition coefficient (Wildman–Crippen LogP) is 0.450. The second kappa shape index (κ2) is 7.40. The largest absolute Gasteiger partial charge is 0.343 e. The smallest absolute Gasteiger partial charge is 0.239 e. The highest BCUT2D eigenvalue weighted by Gasteiger charge is 2.18. The van der Waals surface area contributed by atoms with Gasteiger partial charge in [-0.25, -0.2) is 8.42 Å². The van der Waals surface area contributed by atoms with Gasteiger partial charge in [0.25, 0.3) is 0 Å². The number of carbonyl (C=O) groups is 1. The van der Waals surface area contributed by atoms with Crippen LogP contribution in [0.1, 0.15) is 12.0 Å². The molecule has 0 spiro atoms. The summed E-state index contributed by atoms with van der Waals surface area (Å²) in [7, 11) is -1.49. The van der Waals surface area contributed by atoms with Crippen LogP contribution < -0.4 is 5.73 Å². The van der Waals surface area contributed by atoms with Gasteiger partial charge in [0.2, 0.25) is 5.91 Å². The minimum Gasteiger partial charge on any atom is -0.343 e. The van der Waals surface area contributed by atoms with E-state index in [-0.39, 0.29) is 18.2 Å². The Labute approximate surface area is 120 Å². The van der Waals surface area contributed by atoms with Crippen LogP contribution in [0.2, 0.25) is 0 Å². The topological polar surface area (TPSA) is 80.5 Å². The minimum atomic E-state index is -3.07. The van der Waals surface area contributed by atoms with Gasteiger partial charge in [-0.05, 0) is 18.4 Å². The summed E-state index contributed by atoms with van der Waals surface area (Å²) in [6.45, 7) is 0.177. The summed E-state index contributed by atoms with van der Waals surface area (Å²) in [5.41, 5.74) is 7.00. The van der Waals surface area contributed by atoms with Crippen molar-refractivity contribution in [2.24, 2.45) is 5.73 Å². The molecule has 0 fully saturated rings. The average molecular weight is 298 g/mol. The van der Waals surface area contributed by atoms with E-state index < -0.39 is 15.9 Å². The number of amides is 1. The highest BCUT2D eigenvalue weighted by molar-refractivity contribution is 7.90. The Kier molecular flexibility index (Phi) is 6.16. The zero-order valence-corrected chi connectivity index (χ0v) is 12.8. The lowest BCUT2D eigenvalue weighted by molar-refractivity contribution is -0.131. The Morgan fingerprint density at radius 3 is 2.45 bits per heavy atom. The number of nitrogens with zero attached hydrogens (tertiary/aromatic N) is 1. The van der Waals surface area contributed by atoms with Crippen molar-refractivity contribution >= 4 is 15.7 Å². The molecule has 5 nitrogen and oxygen atoms in total. The quantitative estimate of drug-likeness (QED) is 0.792. The maximum Gasteiger partial charge on any atom is 0.239 e. The van der Waals surface area contributed by atoms with Gasteiger partial charge in [0, 0.05) is 19.8 Å². The molecule has 0 aliphatic rings. The number of rotatable bonds is 7. The van der Waals surface area contributed by atoms with Gasteiger partial charge in [0.15, 0.2) is 0 Å². The second-order valence-electron chi connectivity index (χ2n) is 5.02. The molecule has 1 aromatic carbocycles. The number of hydrogen-bond donors (Lipinski definition) is 1. The van der Waals surface area contributed by atoms with Crippen LogP contribution in [0.3, 0.4) is 0 Å². The van der Waals surface area contributed by atoms with Gasteiger partial charge in [-0.2, -0.15) is 0 Å². The van der Waals surface area contributed by atoms with E-state index in [1.807, 2.05) is 30.3 Å². The zero-order valence-electron chi connectivity index (χ0n) is 12.0. The van der Waals surface area contributed by atoms with Crippen LogP contribution in [0.4, 0.5) is 0 Å². The summed E-state index contributed by atoms with van der Waals surface area (Å²) in [6, 6.07) is 9.21. The van der Waals surface area contributed by atoms with Crippen molar-refractivity contribution in [1.82, 2.24) is 4.90 Å². The van der Waals surface area contributed by atoms with Gasteiger partial charge < -0.3 is 10.6 Å². The molecular weight excluding hydrogens is 276 g/mol. The summed E-state index contributed by atoms with van der Waals surface area (Å²) in [4.78, 5) is 13.4. The molecule has 0 bridgehead atoms. The molecule has 112 valence electrons. The molecule has 1 rings (SSSR count). The fourth-order valence-electron chi connectivity index (χ4n) is 1.79. The van der Waals surface area contributed by atoms with Crippen molar-refractivity contribution < 1.29 is 13.2 Å². The Morgan fingerprint density at radius 1 is 1.30 bits per heavy atom. The lowest BCUT2D eigenvalue weighted by atomic mass is 10.1. The minimum absolute atomic E-state index is 0.0410. The number of benzene rings is 1. The highest BCUT2D eigenvalue weighted by Crippen LogP contribution is 2.05. The fourth-order valence-corrected chi connectivity index (χ4v) is 2.39. The van der Waals surface area contributed by atoms with Crippen LogP contribution in [-0.4, -0.2) is 50.9 Å². The summed E-state index contributed by atoms with van der Waals surface area (Å²) in [6.07, 6.45) is 2.43. The maximum atomic E-state index is 12.0. The van der Waals surface area contributed by atoms with Gasteiger partial charge in [0.05, 0.1) is 11.8 Å². The summed E-state index contributed by atoms with van der Waals surface area (Å²) in [5.74, 6) is -0.259. The number of carbonyl (C=O) groups excluding carboxylic acids is 1. The SMILES string of the molecule is CN(CCS(C)(=O)=O)C(=O)C(N)CCc1ccccc1. The molecule has 0 aliphatic heterocycles. The lowest BCUT2D eigenvalue weighted by Gasteiger charge is -2.21. The van der Waals surface area contributed by atoms with Crippen molar-refractivity contribution in [2.75, 3.05) is 25.6 Å². The highest BCUT2D eigenvalue weighted by atomic mass is 32.2. The molecule has 0 saturated carbocycles. The van der Waals surface area contributed by atoms with Gasteiger partial charge in [-0.15, -0.1) is 0 Å². The number of aryl methyl sites for hydroxylation is 1. The first-order valence-electron chi connectivity index (χ1n) is 6.52. The predicted molar refractivity (Wildman–Crippen MR) is 80.1 cm³/mol. The summed E-state index contributed by atoms with van der Waals surface area (Å²) >= 11 is 0. The fraction of sp³-hybridized carbons (Fsp3) is 0.500. The molecule has 1 aromatic rings. The number of nitrogens with two attached hydrogens (primary N) is 1. The third kappa shape index (κ3) is 6.16. The Hall–Kier alpha value is -1.40. The monoisotopic (exact) mass is 298 g/mol. The molecule has 0 radical (unpaired) electrons. The number of likely N-dealkylation sites (N-methyl/N-ethyl adjacent to an activating group) is 1. The van der Waals surface area contributed by atoms with Gasteiger partial charge in [0.1, 0.15) is 9.84 Å². The average Bonchev–Trinajstić information content (AvgIpc) is 2.41. The van der Waals surface area contributed by atoms with E-state index in [9.17, 15) is 13.2 Å². The summed E-state index contributed by atoms with van der Waals surface area (Å²) in [5, 5.41) is 0. The zero-order chi connectivity index (χ0) is 15.2. The van der Waals surface area contributed by atoms with Crippen molar-refractivity contribution in [2.45, 2.75) is 18.9 Å². The molecule has 0 aromatic heterocycles. The van der Waals surface area contributed by atoms with Crippen LogP contribution in [0, 0.1) is 0 Å². The van der Waals surface area contributed by atoms with E-state index >= 15 is 0 Å². The van der Waals surface area contributed by atoms with Crippen LogP contribution in [0.25, 0.3) is 0 Å². The van der Waals surface area contributed by atoms with E-state index in [1.165, 1.54) is 4.90 Å². The molecule has 6 heteroatoms. The van der Waals surface area contributed by atoms with E-state index in [2.05, 4.69) is 0 Å². The molecule has 2 N–H and O–H groups in total. The van der Waals surface area contributed by atoms with E-state index in [0.717, 1.165) is 18.2 Å². The van der Waals surface area contributed by atoms with Gasteiger partial charge >= 0.3 is 0 Å². The van der Waals surface area contributed by atoms with Crippen LogP contribution in [0.15, 0.2) is 30.3 Å². The molecule has 1 amide bonds. The first kappa shape index (κ1) is 16.7. The number of hydrogen-bond acceptors (Lipinski definition) is 4. The van der Waals surface area contributed by atoms with Crippen molar-refractivity contribution in [3.63, 3.8) is 0 Å². The van der Waals surface area contributed by atoms with Crippen LogP contribution >= 0.6 is 0 Å². The van der Waals surface area contributed by atoms with Gasteiger partial charge in [-0.1, -0.05) is 30.3 Å². The Morgan fingerprint density at radius 2 is 1.90 bits per heavy atom. The molecule has 20 heavy (non-hydrogen) atoms. The first-order chi connectivity index (χ1) is 9.29. The van der Waals surface area contributed by atoms with Crippen molar-refractivity contribution in [1.29, 1.82) is 0 Å². The molecule has 0 aliphatic carbocycles. The first-order valence-corrected chi connectivity index (χ1v) is 8.58. The maximum absolute atomic E-state index is 12.0. The molecule has 0 heterocycles. The van der Waals surface area contributed by atoms with E-state index in [0.29, 0.717) is 6.42 Å². The second-order valence-corrected chi connectivity index (χ2v) is 7.28.